The Morgan fingerprint density at radius 1 is 1.32 bits per heavy atom. The third-order valence-electron chi connectivity index (χ3n) is 3.70. The van der Waals surface area contributed by atoms with E-state index in [0.29, 0.717) is 5.52 Å². The molecule has 25 heavy (non-hydrogen) atoms. The van der Waals surface area contributed by atoms with Gasteiger partial charge in [-0.05, 0) is 26.3 Å². The van der Waals surface area contributed by atoms with Crippen molar-refractivity contribution in [3.8, 4) is 0 Å². The first-order valence-electron chi connectivity index (χ1n) is 7.45. The highest BCUT2D eigenvalue weighted by Crippen LogP contribution is 2.22. The van der Waals surface area contributed by atoms with Crippen molar-refractivity contribution >= 4 is 28.5 Å². The average molecular weight is 347 g/mol. The molecule has 1 aromatic heterocycles. The van der Waals surface area contributed by atoms with Crippen LogP contribution in [-0.4, -0.2) is 32.4 Å². The smallest absolute Gasteiger partial charge is 0.303 e. The number of nitrogens with one attached hydrogen (secondary N) is 2. The molecule has 0 aliphatic heterocycles. The molecule has 0 fully saturated rings. The Hall–Kier alpha value is -3.23. The number of non-ortho nitro benzene ring substituents is 1. The fraction of sp³-hybridized carbons (Fsp3) is 0.312. The second-order valence-corrected chi connectivity index (χ2v) is 6.27. The predicted octanol–water partition coefficient (Wildman–Crippen LogP) is 1.81. The zero-order valence-corrected chi connectivity index (χ0v) is 13.7. The van der Waals surface area contributed by atoms with Gasteiger partial charge in [-0.15, -0.1) is 0 Å². The fourth-order valence-electron chi connectivity index (χ4n) is 2.40. The molecule has 0 saturated carbocycles. The molecular weight excluding hydrogens is 330 g/mol. The van der Waals surface area contributed by atoms with Crippen molar-refractivity contribution in [2.45, 2.75) is 32.2 Å². The summed E-state index contributed by atoms with van der Waals surface area (Å²) in [6.07, 6.45) is 0.0597. The first kappa shape index (κ1) is 18.1. The highest BCUT2D eigenvalue weighted by molar-refractivity contribution is 6.06. The molecule has 0 bridgehead atoms. The van der Waals surface area contributed by atoms with Crippen molar-refractivity contribution in [2.75, 3.05) is 0 Å². The van der Waals surface area contributed by atoms with Crippen LogP contribution in [-0.2, 0) is 4.79 Å². The molecule has 9 nitrogen and oxygen atoms in total. The molecule has 0 aliphatic carbocycles. The van der Waals surface area contributed by atoms with Crippen LogP contribution in [0.2, 0.25) is 0 Å². The summed E-state index contributed by atoms with van der Waals surface area (Å²) in [4.78, 5) is 47.9. The van der Waals surface area contributed by atoms with Gasteiger partial charge in [-0.3, -0.25) is 24.5 Å². The van der Waals surface area contributed by atoms with Crippen molar-refractivity contribution in [3.63, 3.8) is 0 Å². The van der Waals surface area contributed by atoms with E-state index in [-0.39, 0.29) is 29.5 Å². The van der Waals surface area contributed by atoms with Gasteiger partial charge in [0.1, 0.15) is 0 Å². The number of carbonyl (C=O) groups excluding carboxylic acids is 1. The van der Waals surface area contributed by atoms with Crippen LogP contribution in [0.25, 0.3) is 10.9 Å². The zero-order chi connectivity index (χ0) is 18.8. The van der Waals surface area contributed by atoms with E-state index in [0.717, 1.165) is 6.07 Å². The van der Waals surface area contributed by atoms with Crippen LogP contribution < -0.4 is 10.9 Å². The van der Waals surface area contributed by atoms with Gasteiger partial charge >= 0.3 is 5.97 Å². The summed E-state index contributed by atoms with van der Waals surface area (Å²) < 4.78 is 0. The van der Waals surface area contributed by atoms with Gasteiger partial charge in [0.25, 0.3) is 11.6 Å². The van der Waals surface area contributed by atoms with E-state index in [1.807, 2.05) is 0 Å². The SMILES string of the molecule is CC(C)(CCC(=O)O)NC(=O)c1cc(=O)[nH]c2ccc([N+](=O)[O-])cc12. The van der Waals surface area contributed by atoms with Crippen LogP contribution >= 0.6 is 0 Å². The standard InChI is InChI=1S/C16H17N3O6/c1-16(2,6-5-14(21)22)18-15(23)11-8-13(20)17-12-4-3-9(19(24)25)7-10(11)12/h3-4,7-8H,5-6H2,1-2H3,(H,17,20)(H,18,23)(H,21,22). The van der Waals surface area contributed by atoms with Crippen molar-refractivity contribution < 1.29 is 19.6 Å². The fourth-order valence-corrected chi connectivity index (χ4v) is 2.40. The highest BCUT2D eigenvalue weighted by Gasteiger charge is 2.24. The number of nitro benzene ring substituents is 1. The molecule has 1 heterocycles. The lowest BCUT2D eigenvalue weighted by atomic mass is 9.97. The van der Waals surface area contributed by atoms with E-state index in [9.17, 15) is 24.5 Å². The van der Waals surface area contributed by atoms with E-state index in [1.54, 1.807) is 13.8 Å². The van der Waals surface area contributed by atoms with E-state index in [4.69, 9.17) is 5.11 Å². The maximum absolute atomic E-state index is 12.6. The quantitative estimate of drug-likeness (QED) is 0.537. The molecule has 0 radical (unpaired) electrons. The number of carbonyl (C=O) groups is 2. The predicted molar refractivity (Wildman–Crippen MR) is 89.6 cm³/mol. The van der Waals surface area contributed by atoms with Gasteiger partial charge in [0.2, 0.25) is 5.56 Å². The van der Waals surface area contributed by atoms with Crippen LogP contribution in [0.15, 0.2) is 29.1 Å². The third-order valence-corrected chi connectivity index (χ3v) is 3.70. The lowest BCUT2D eigenvalue weighted by Gasteiger charge is -2.25. The molecule has 0 spiro atoms. The molecule has 3 N–H and O–H groups in total. The minimum atomic E-state index is -0.987. The maximum atomic E-state index is 12.6. The molecule has 1 aromatic carbocycles. The van der Waals surface area contributed by atoms with Crippen LogP contribution in [0.5, 0.6) is 0 Å². The zero-order valence-electron chi connectivity index (χ0n) is 13.7. The Balaban J connectivity index is 2.43. The first-order valence-corrected chi connectivity index (χ1v) is 7.45. The summed E-state index contributed by atoms with van der Waals surface area (Å²) in [6.45, 7) is 3.32. The first-order chi connectivity index (χ1) is 11.6. The summed E-state index contributed by atoms with van der Waals surface area (Å²) in [7, 11) is 0. The van der Waals surface area contributed by atoms with Gasteiger partial charge in [0.15, 0.2) is 0 Å². The van der Waals surface area contributed by atoms with Crippen LogP contribution in [0.3, 0.4) is 0 Å². The molecule has 2 aromatic rings. The number of rotatable bonds is 6. The number of nitrogens with zero attached hydrogens (tertiary/aromatic N) is 1. The number of carboxylic acids is 1. The van der Waals surface area contributed by atoms with Gasteiger partial charge in [-0.2, -0.15) is 0 Å². The number of pyridine rings is 1. The number of amides is 1. The summed E-state index contributed by atoms with van der Waals surface area (Å²) in [5, 5.41) is 22.6. The molecule has 2 rings (SSSR count). The Kier molecular flexibility index (Phi) is 4.87. The van der Waals surface area contributed by atoms with Crippen LogP contribution in [0.4, 0.5) is 5.69 Å². The Morgan fingerprint density at radius 3 is 2.60 bits per heavy atom. The number of aliphatic carboxylic acids is 1. The van der Waals surface area contributed by atoms with E-state index >= 15 is 0 Å². The lowest BCUT2D eigenvalue weighted by Crippen LogP contribution is -2.44. The van der Waals surface area contributed by atoms with Gasteiger partial charge in [-0.1, -0.05) is 0 Å². The number of aromatic amines is 1. The van der Waals surface area contributed by atoms with E-state index in [2.05, 4.69) is 10.3 Å². The summed E-state index contributed by atoms with van der Waals surface area (Å²) in [5.74, 6) is -1.59. The molecule has 0 atom stereocenters. The number of H-pyrrole nitrogens is 1. The van der Waals surface area contributed by atoms with Crippen LogP contribution in [0.1, 0.15) is 37.0 Å². The summed E-state index contributed by atoms with van der Waals surface area (Å²) in [5.41, 5.74) is -1.27. The Morgan fingerprint density at radius 2 is 2.00 bits per heavy atom. The second-order valence-electron chi connectivity index (χ2n) is 6.27. The molecule has 0 saturated heterocycles. The Labute approximate surface area is 141 Å². The maximum Gasteiger partial charge on any atom is 0.303 e. The minimum absolute atomic E-state index is 0.00847. The van der Waals surface area contributed by atoms with Gasteiger partial charge in [-0.25, -0.2) is 0 Å². The molecule has 132 valence electrons. The van der Waals surface area contributed by atoms with Gasteiger partial charge in [0.05, 0.1) is 10.5 Å². The minimum Gasteiger partial charge on any atom is -0.481 e. The van der Waals surface area contributed by atoms with Crippen molar-refractivity contribution in [2.24, 2.45) is 0 Å². The molecule has 0 aliphatic rings. The monoisotopic (exact) mass is 347 g/mol. The van der Waals surface area contributed by atoms with E-state index in [1.165, 1.54) is 18.2 Å². The highest BCUT2D eigenvalue weighted by atomic mass is 16.6. The third kappa shape index (κ3) is 4.40. The molecule has 9 heteroatoms. The number of hydrogen-bond donors (Lipinski definition) is 3. The normalized spacial score (nSPS) is 11.3. The van der Waals surface area contributed by atoms with Crippen LogP contribution in [0, 0.1) is 10.1 Å². The largest absolute Gasteiger partial charge is 0.481 e. The van der Waals surface area contributed by atoms with Crippen molar-refractivity contribution in [1.82, 2.24) is 10.3 Å². The topological polar surface area (TPSA) is 142 Å². The Bertz CT molecular complexity index is 916. The number of fused-ring (bicyclic) bond motifs is 1. The number of hydrogen-bond acceptors (Lipinski definition) is 5. The van der Waals surface area contributed by atoms with E-state index < -0.39 is 27.9 Å². The number of benzene rings is 1. The lowest BCUT2D eigenvalue weighted by molar-refractivity contribution is -0.384. The number of carboxylic acid groups (broad SMARTS) is 1. The molecule has 0 unspecified atom stereocenters. The average Bonchev–Trinajstić information content (AvgIpc) is 2.51. The van der Waals surface area contributed by atoms with Crippen molar-refractivity contribution in [1.29, 1.82) is 0 Å². The van der Waals surface area contributed by atoms with Gasteiger partial charge in [0, 0.05) is 41.1 Å². The number of nitro groups is 1. The van der Waals surface area contributed by atoms with Gasteiger partial charge < -0.3 is 15.4 Å². The number of aromatic nitrogens is 1. The molecule has 1 amide bonds. The second kappa shape index (κ2) is 6.71. The summed E-state index contributed by atoms with van der Waals surface area (Å²) in [6, 6.07) is 4.87. The van der Waals surface area contributed by atoms with Crippen molar-refractivity contribution in [3.05, 3.63) is 50.3 Å². The molecular formula is C16H17N3O6. The summed E-state index contributed by atoms with van der Waals surface area (Å²) >= 11 is 0.